The summed E-state index contributed by atoms with van der Waals surface area (Å²) >= 11 is 0. The molecule has 0 aromatic heterocycles. The molecule has 0 aliphatic heterocycles. The maximum absolute atomic E-state index is 13.5. The van der Waals surface area contributed by atoms with Crippen LogP contribution in [0.1, 0.15) is 20.3 Å². The van der Waals surface area contributed by atoms with Gasteiger partial charge in [-0.05, 0) is 18.4 Å². The van der Waals surface area contributed by atoms with Crippen LogP contribution in [0, 0.1) is 21.8 Å². The predicted octanol–water partition coefficient (Wildman–Crippen LogP) is 2.05. The smallest absolute Gasteiger partial charge is 0.295 e. The SMILES string of the molecule is CC(C)CC(N)C(=O)Nc1c(F)cccc1[N+](=O)[O-]. The van der Waals surface area contributed by atoms with Crippen LogP contribution in [0.3, 0.4) is 0 Å². The Bertz CT molecular complexity index is 491. The van der Waals surface area contributed by atoms with Gasteiger partial charge in [0.25, 0.3) is 5.69 Å². The lowest BCUT2D eigenvalue weighted by Crippen LogP contribution is -2.37. The van der Waals surface area contributed by atoms with Gasteiger partial charge in [-0.15, -0.1) is 0 Å². The summed E-state index contributed by atoms with van der Waals surface area (Å²) < 4.78 is 13.5. The first-order valence-corrected chi connectivity index (χ1v) is 5.82. The number of amides is 1. The van der Waals surface area contributed by atoms with Gasteiger partial charge in [0.2, 0.25) is 5.91 Å². The zero-order valence-electron chi connectivity index (χ0n) is 10.7. The number of nitrogens with one attached hydrogen (secondary N) is 1. The number of nitrogens with zero attached hydrogens (tertiary/aromatic N) is 1. The Kier molecular flexibility index (Phi) is 4.94. The molecule has 1 aromatic carbocycles. The number of halogens is 1. The highest BCUT2D eigenvalue weighted by Crippen LogP contribution is 2.27. The van der Waals surface area contributed by atoms with E-state index < -0.39 is 34.1 Å². The van der Waals surface area contributed by atoms with Crippen LogP contribution in [0.5, 0.6) is 0 Å². The van der Waals surface area contributed by atoms with E-state index in [1.807, 2.05) is 13.8 Å². The number of hydrogen-bond acceptors (Lipinski definition) is 4. The van der Waals surface area contributed by atoms with Crippen LogP contribution in [-0.2, 0) is 4.79 Å². The van der Waals surface area contributed by atoms with Crippen molar-refractivity contribution in [2.75, 3.05) is 5.32 Å². The van der Waals surface area contributed by atoms with E-state index in [4.69, 9.17) is 5.73 Å². The summed E-state index contributed by atoms with van der Waals surface area (Å²) in [6.45, 7) is 3.78. The van der Waals surface area contributed by atoms with Crippen LogP contribution in [0.15, 0.2) is 18.2 Å². The largest absolute Gasteiger partial charge is 0.320 e. The maximum atomic E-state index is 13.5. The Labute approximate surface area is 109 Å². The Morgan fingerprint density at radius 3 is 2.68 bits per heavy atom. The van der Waals surface area contributed by atoms with Crippen molar-refractivity contribution >= 4 is 17.3 Å². The second-order valence-electron chi connectivity index (χ2n) is 4.62. The summed E-state index contributed by atoms with van der Waals surface area (Å²) in [5.41, 5.74) is 4.70. The Morgan fingerprint density at radius 2 is 2.16 bits per heavy atom. The van der Waals surface area contributed by atoms with Gasteiger partial charge in [0.15, 0.2) is 11.5 Å². The summed E-state index contributed by atoms with van der Waals surface area (Å²) in [7, 11) is 0. The second-order valence-corrected chi connectivity index (χ2v) is 4.62. The summed E-state index contributed by atoms with van der Waals surface area (Å²) in [4.78, 5) is 21.8. The van der Waals surface area contributed by atoms with Gasteiger partial charge in [-0.1, -0.05) is 19.9 Å². The fourth-order valence-electron chi connectivity index (χ4n) is 1.62. The molecule has 0 spiro atoms. The fourth-order valence-corrected chi connectivity index (χ4v) is 1.62. The molecule has 6 nitrogen and oxygen atoms in total. The average molecular weight is 269 g/mol. The Balaban J connectivity index is 2.93. The maximum Gasteiger partial charge on any atom is 0.295 e. The number of hydrogen-bond donors (Lipinski definition) is 2. The van der Waals surface area contributed by atoms with Crippen LogP contribution in [0.2, 0.25) is 0 Å². The number of rotatable bonds is 5. The first-order valence-electron chi connectivity index (χ1n) is 5.82. The third kappa shape index (κ3) is 3.99. The molecule has 0 radical (unpaired) electrons. The zero-order chi connectivity index (χ0) is 14.6. The minimum absolute atomic E-state index is 0.191. The molecule has 0 bridgehead atoms. The molecule has 0 saturated carbocycles. The lowest BCUT2D eigenvalue weighted by Gasteiger charge is -2.14. The van der Waals surface area contributed by atoms with Crippen molar-refractivity contribution in [3.05, 3.63) is 34.1 Å². The van der Waals surface area contributed by atoms with Crippen LogP contribution >= 0.6 is 0 Å². The molecule has 0 aliphatic rings. The van der Waals surface area contributed by atoms with Crippen LogP contribution < -0.4 is 11.1 Å². The lowest BCUT2D eigenvalue weighted by molar-refractivity contribution is -0.384. The molecule has 0 aliphatic carbocycles. The molecular weight excluding hydrogens is 253 g/mol. The summed E-state index contributed by atoms with van der Waals surface area (Å²) in [6.07, 6.45) is 0.411. The first kappa shape index (κ1) is 15.0. The van der Waals surface area contributed by atoms with Gasteiger partial charge in [-0.2, -0.15) is 0 Å². The van der Waals surface area contributed by atoms with Gasteiger partial charge in [-0.25, -0.2) is 4.39 Å². The van der Waals surface area contributed by atoms with Gasteiger partial charge in [-0.3, -0.25) is 14.9 Å². The minimum Gasteiger partial charge on any atom is -0.320 e. The molecule has 1 amide bonds. The molecule has 104 valence electrons. The number of carbonyl (C=O) groups excluding carboxylic acids is 1. The molecule has 1 atom stereocenters. The molecule has 19 heavy (non-hydrogen) atoms. The van der Waals surface area contributed by atoms with Crippen LogP contribution in [0.4, 0.5) is 15.8 Å². The number of anilines is 1. The Hall–Kier alpha value is -2.02. The van der Waals surface area contributed by atoms with E-state index in [9.17, 15) is 19.3 Å². The minimum atomic E-state index is -0.862. The molecule has 7 heteroatoms. The molecule has 0 heterocycles. The van der Waals surface area contributed by atoms with Crippen molar-refractivity contribution in [2.24, 2.45) is 11.7 Å². The number of carbonyl (C=O) groups is 1. The lowest BCUT2D eigenvalue weighted by atomic mass is 10.0. The summed E-state index contributed by atoms with van der Waals surface area (Å²) in [5, 5.41) is 12.9. The number of para-hydroxylation sites is 1. The van der Waals surface area contributed by atoms with Gasteiger partial charge in [0.05, 0.1) is 11.0 Å². The molecule has 0 fully saturated rings. The molecule has 3 N–H and O–H groups in total. The van der Waals surface area contributed by atoms with E-state index in [0.29, 0.717) is 6.42 Å². The third-order valence-corrected chi connectivity index (χ3v) is 2.50. The van der Waals surface area contributed by atoms with Gasteiger partial charge < -0.3 is 11.1 Å². The van der Waals surface area contributed by atoms with Crippen molar-refractivity contribution in [3.63, 3.8) is 0 Å². The molecule has 1 aromatic rings. The van der Waals surface area contributed by atoms with Gasteiger partial charge >= 0.3 is 0 Å². The molecular formula is C12H16FN3O3. The van der Waals surface area contributed by atoms with Crippen molar-refractivity contribution in [1.82, 2.24) is 0 Å². The van der Waals surface area contributed by atoms with Crippen LogP contribution in [-0.4, -0.2) is 16.9 Å². The zero-order valence-corrected chi connectivity index (χ0v) is 10.7. The first-order chi connectivity index (χ1) is 8.82. The average Bonchev–Trinajstić information content (AvgIpc) is 2.30. The highest BCUT2D eigenvalue weighted by atomic mass is 19.1. The highest BCUT2D eigenvalue weighted by molar-refractivity contribution is 5.96. The van der Waals surface area contributed by atoms with Crippen molar-refractivity contribution < 1.29 is 14.1 Å². The standard InChI is InChI=1S/C12H16FN3O3/c1-7(2)6-9(14)12(17)15-11-8(13)4-3-5-10(11)16(18)19/h3-5,7,9H,6,14H2,1-2H3,(H,15,17). The van der Waals surface area contributed by atoms with E-state index >= 15 is 0 Å². The van der Waals surface area contributed by atoms with Crippen molar-refractivity contribution in [3.8, 4) is 0 Å². The van der Waals surface area contributed by atoms with E-state index in [1.54, 1.807) is 0 Å². The second kappa shape index (κ2) is 6.24. The molecule has 1 unspecified atom stereocenters. The van der Waals surface area contributed by atoms with Crippen molar-refractivity contribution in [1.29, 1.82) is 0 Å². The van der Waals surface area contributed by atoms with E-state index in [2.05, 4.69) is 5.32 Å². The topological polar surface area (TPSA) is 98.3 Å². The predicted molar refractivity (Wildman–Crippen MR) is 69.1 cm³/mol. The monoisotopic (exact) mass is 269 g/mol. The third-order valence-electron chi connectivity index (χ3n) is 2.50. The van der Waals surface area contributed by atoms with E-state index in [1.165, 1.54) is 6.07 Å². The van der Waals surface area contributed by atoms with Gasteiger partial charge in [0.1, 0.15) is 0 Å². The van der Waals surface area contributed by atoms with Crippen LogP contribution in [0.25, 0.3) is 0 Å². The number of nitro benzene ring substituents is 1. The highest BCUT2D eigenvalue weighted by Gasteiger charge is 2.22. The van der Waals surface area contributed by atoms with Gasteiger partial charge in [0, 0.05) is 6.07 Å². The quantitative estimate of drug-likeness (QED) is 0.631. The number of nitro groups is 1. The van der Waals surface area contributed by atoms with E-state index in [0.717, 1.165) is 12.1 Å². The molecule has 0 saturated heterocycles. The summed E-state index contributed by atoms with van der Waals surface area (Å²) in [5.74, 6) is -1.31. The van der Waals surface area contributed by atoms with Crippen molar-refractivity contribution in [2.45, 2.75) is 26.3 Å². The van der Waals surface area contributed by atoms with E-state index in [-0.39, 0.29) is 5.92 Å². The normalized spacial score (nSPS) is 12.3. The number of benzene rings is 1. The fraction of sp³-hybridized carbons (Fsp3) is 0.417. The molecule has 1 rings (SSSR count). The Morgan fingerprint density at radius 1 is 1.53 bits per heavy atom. The summed E-state index contributed by atoms with van der Waals surface area (Å²) in [6, 6.07) is 2.53. The number of nitrogens with two attached hydrogens (primary N) is 1.